The number of nitrogens with zero attached hydrogens (tertiary/aromatic N) is 3. The number of fused-ring (bicyclic) bond motifs is 2. The van der Waals surface area contributed by atoms with Crippen molar-refractivity contribution in [2.75, 3.05) is 46.3 Å². The number of oxime groups is 1. The quantitative estimate of drug-likeness (QED) is 0.0269. The van der Waals surface area contributed by atoms with E-state index in [0.29, 0.717) is 36.5 Å². The zero-order valence-electron chi connectivity index (χ0n) is 33.8. The van der Waals surface area contributed by atoms with E-state index in [9.17, 15) is 25.1 Å². The lowest BCUT2D eigenvalue weighted by Gasteiger charge is -2.59. The number of ether oxygens (including phenoxy) is 3. The number of nitro groups is 1. The number of unbranched alkanes of at least 4 members (excludes halogenated alkanes) is 2. The number of rotatable bonds is 21. The number of allylic oxidation sites excluding steroid dienone is 1. The van der Waals surface area contributed by atoms with Gasteiger partial charge in [-0.3, -0.25) is 14.9 Å². The van der Waals surface area contributed by atoms with Gasteiger partial charge < -0.3 is 34.2 Å². The molecule has 3 aliphatic rings. The zero-order valence-corrected chi connectivity index (χ0v) is 34.6. The number of nitro benzene ring substituents is 1. The Kier molecular flexibility index (Phi) is 15.4. The van der Waals surface area contributed by atoms with Gasteiger partial charge in [0, 0.05) is 67.0 Å². The molecule has 6 rings (SSSR count). The zero-order chi connectivity index (χ0) is 41.8. The van der Waals surface area contributed by atoms with Gasteiger partial charge in [0.25, 0.3) is 5.69 Å². The smallest absolute Gasteiger partial charge is 0.269 e. The number of benzene rings is 3. The minimum atomic E-state index is -1.38. The second-order valence-electron chi connectivity index (χ2n) is 15.1. The molecule has 13 heteroatoms. The third-order valence-corrected chi connectivity index (χ3v) is 12.5. The number of aliphatic hydroxyl groups is 2. The normalized spacial score (nSPS) is 23.8. The minimum Gasteiger partial charge on any atom is -0.493 e. The molecule has 1 aliphatic heterocycles. The first-order chi connectivity index (χ1) is 28.7. The summed E-state index contributed by atoms with van der Waals surface area (Å²) in [6.07, 6.45) is 12.0. The number of aliphatic hydroxyl groups excluding tert-OH is 2. The second-order valence-corrected chi connectivity index (χ2v) is 16.3. The third kappa shape index (κ3) is 10.1. The highest BCUT2D eigenvalue weighted by Gasteiger charge is 2.65. The van der Waals surface area contributed by atoms with Crippen molar-refractivity contribution in [1.82, 2.24) is 4.90 Å². The predicted molar refractivity (Wildman–Crippen MR) is 230 cm³/mol. The summed E-state index contributed by atoms with van der Waals surface area (Å²) in [5.41, 5.74) is 3.23. The van der Waals surface area contributed by atoms with Crippen LogP contribution < -0.4 is 9.47 Å². The lowest BCUT2D eigenvalue weighted by Crippen LogP contribution is -2.69. The van der Waals surface area contributed by atoms with Crippen LogP contribution in [0.25, 0.3) is 6.08 Å². The van der Waals surface area contributed by atoms with Gasteiger partial charge in [-0.25, -0.2) is 0 Å². The monoisotopic (exact) mass is 825 g/mol. The summed E-state index contributed by atoms with van der Waals surface area (Å²) >= 11 is 1.73. The highest BCUT2D eigenvalue weighted by atomic mass is 32.2. The highest BCUT2D eigenvalue weighted by molar-refractivity contribution is 7.99. The lowest BCUT2D eigenvalue weighted by molar-refractivity contribution is -0.384. The van der Waals surface area contributed by atoms with Gasteiger partial charge in [0.15, 0.2) is 0 Å². The van der Waals surface area contributed by atoms with Gasteiger partial charge in [-0.2, -0.15) is 0 Å². The molecule has 6 atom stereocenters. The van der Waals surface area contributed by atoms with Gasteiger partial charge in [0.1, 0.15) is 24.7 Å². The van der Waals surface area contributed by atoms with Gasteiger partial charge in [-0.15, -0.1) is 18.3 Å². The van der Waals surface area contributed by atoms with Crippen molar-refractivity contribution in [2.24, 2.45) is 22.9 Å². The van der Waals surface area contributed by atoms with Crippen molar-refractivity contribution in [3.63, 3.8) is 0 Å². The fourth-order valence-corrected chi connectivity index (χ4v) is 9.66. The summed E-state index contributed by atoms with van der Waals surface area (Å²) in [5, 5.41) is 35.5. The molecule has 12 nitrogen and oxygen atoms in total. The van der Waals surface area contributed by atoms with Crippen molar-refractivity contribution in [1.29, 1.82) is 0 Å². The Hall–Kier alpha value is -4.95. The average molecular weight is 826 g/mol. The number of hydrogen-bond acceptors (Lipinski definition) is 11. The Morgan fingerprint density at radius 3 is 2.51 bits per heavy atom. The van der Waals surface area contributed by atoms with Crippen LogP contribution in [0.2, 0.25) is 0 Å². The first-order valence-electron chi connectivity index (χ1n) is 20.4. The first-order valence-corrected chi connectivity index (χ1v) is 21.3. The molecule has 2 aliphatic carbocycles. The van der Waals surface area contributed by atoms with Crippen molar-refractivity contribution in [2.45, 2.75) is 67.6 Å². The summed E-state index contributed by atoms with van der Waals surface area (Å²) < 4.78 is 20.5. The molecule has 59 heavy (non-hydrogen) atoms. The summed E-state index contributed by atoms with van der Waals surface area (Å²) in [6, 6.07) is 21.5. The fourth-order valence-electron chi connectivity index (χ4n) is 8.91. The topological polar surface area (TPSA) is 153 Å². The molecule has 3 aromatic carbocycles. The number of hydrogen-bond donors (Lipinski definition) is 2. The van der Waals surface area contributed by atoms with E-state index in [4.69, 9.17) is 19.0 Å². The highest BCUT2D eigenvalue weighted by Crippen LogP contribution is 2.61. The van der Waals surface area contributed by atoms with E-state index in [2.05, 4.69) is 36.0 Å². The Balaban J connectivity index is 1.44. The average Bonchev–Trinajstić information content (AvgIpc) is 3.25. The molecule has 0 spiro atoms. The van der Waals surface area contributed by atoms with Crippen molar-refractivity contribution in [3.05, 3.63) is 124 Å². The lowest BCUT2D eigenvalue weighted by atomic mass is 9.55. The van der Waals surface area contributed by atoms with Crippen LogP contribution in [0.4, 0.5) is 5.69 Å². The Labute approximate surface area is 350 Å². The number of likely N-dealkylation sites (N-methyl/N-ethyl adjacent to an activating group) is 1. The molecule has 6 unspecified atom stereocenters. The minimum absolute atomic E-state index is 0.0364. The van der Waals surface area contributed by atoms with Crippen LogP contribution in [0.5, 0.6) is 11.5 Å². The molecule has 0 aromatic heterocycles. The van der Waals surface area contributed by atoms with Gasteiger partial charge in [0.2, 0.25) is 11.7 Å². The molecule has 3 aromatic rings. The van der Waals surface area contributed by atoms with Gasteiger partial charge in [-0.1, -0.05) is 48.3 Å². The van der Waals surface area contributed by atoms with Crippen molar-refractivity contribution in [3.8, 4) is 11.5 Å². The van der Waals surface area contributed by atoms with Crippen LogP contribution in [-0.4, -0.2) is 89.8 Å². The number of non-ortho nitro benzene ring substituents is 1. The first kappa shape index (κ1) is 43.6. The third-order valence-electron chi connectivity index (χ3n) is 11.5. The van der Waals surface area contributed by atoms with E-state index in [1.165, 1.54) is 30.2 Å². The van der Waals surface area contributed by atoms with E-state index >= 15 is 0 Å². The van der Waals surface area contributed by atoms with Crippen LogP contribution >= 0.6 is 11.8 Å². The molecule has 1 heterocycles. The Bertz CT molecular complexity index is 1990. The standard InChI is InChI=1S/C46H55N3O9S/c1-4-26-57-46-42(48(2)43(52)23-18-32-16-19-34(20-17-32)49(53)54)31-40(47-55-3)38-29-33(12-8-10-24-50)37(15-9-11-25-51)44(45(38)46)39-30-35(21-22-41(39)58-46)56-27-28-59-36-13-6-5-7-14-36/h4-7,13-14,16-23,29-30,33,37,42,44-45,50-51H,1,8-12,15,24-28,31H2,2-3H3. The number of thioether (sulfide) groups is 1. The Morgan fingerprint density at radius 1 is 1.07 bits per heavy atom. The molecule has 0 radical (unpaired) electrons. The molecular weight excluding hydrogens is 771 g/mol. The van der Waals surface area contributed by atoms with Crippen molar-refractivity contribution >= 4 is 35.1 Å². The molecule has 1 amide bonds. The van der Waals surface area contributed by atoms with E-state index < -0.39 is 22.7 Å². The van der Waals surface area contributed by atoms with E-state index in [1.54, 1.807) is 48.0 Å². The molecule has 2 N–H and O–H groups in total. The van der Waals surface area contributed by atoms with E-state index in [1.807, 2.05) is 30.3 Å². The molecule has 1 fully saturated rings. The number of carbonyl (C=O) groups excluding carboxylic acids is 1. The van der Waals surface area contributed by atoms with Crippen LogP contribution in [0.3, 0.4) is 0 Å². The maximum absolute atomic E-state index is 14.2. The number of amides is 1. The molecule has 0 saturated heterocycles. The molecule has 1 saturated carbocycles. The summed E-state index contributed by atoms with van der Waals surface area (Å²) in [7, 11) is 3.24. The van der Waals surface area contributed by atoms with Crippen LogP contribution in [0.1, 0.15) is 62.0 Å². The van der Waals surface area contributed by atoms with Crippen LogP contribution in [-0.2, 0) is 14.4 Å². The number of carbonyl (C=O) groups is 1. The maximum atomic E-state index is 14.2. The van der Waals surface area contributed by atoms with Crippen molar-refractivity contribution < 1.29 is 39.0 Å². The van der Waals surface area contributed by atoms with Gasteiger partial charge >= 0.3 is 0 Å². The van der Waals surface area contributed by atoms with Gasteiger partial charge in [0.05, 0.1) is 29.8 Å². The molecule has 314 valence electrons. The maximum Gasteiger partial charge on any atom is 0.269 e. The van der Waals surface area contributed by atoms with E-state index in [-0.39, 0.29) is 55.6 Å². The SMILES string of the molecule is C=CCOC12Oc3ccc(OCCSc4ccccc4)cc3C3C(CCCCO)C(CCCCO)C=C(C(=NOC)CC1N(C)C(=O)C=Cc1ccc([N+](=O)[O-])cc1)C32. The van der Waals surface area contributed by atoms with Gasteiger partial charge in [-0.05, 0) is 97.2 Å². The predicted octanol–water partition coefficient (Wildman–Crippen LogP) is 8.20. The molecular formula is C46H55N3O9S. The second kappa shape index (κ2) is 20.8. The fraction of sp³-hybridized carbons (Fsp3) is 0.435. The van der Waals surface area contributed by atoms with Crippen LogP contribution in [0.15, 0.2) is 113 Å². The van der Waals surface area contributed by atoms with Crippen LogP contribution in [0, 0.1) is 27.9 Å². The Morgan fingerprint density at radius 2 is 1.81 bits per heavy atom. The largest absolute Gasteiger partial charge is 0.493 e. The molecule has 0 bridgehead atoms. The summed E-state index contributed by atoms with van der Waals surface area (Å²) in [6.45, 7) is 4.83. The van der Waals surface area contributed by atoms with E-state index in [0.717, 1.165) is 48.3 Å². The summed E-state index contributed by atoms with van der Waals surface area (Å²) in [4.78, 5) is 33.2. The summed E-state index contributed by atoms with van der Waals surface area (Å²) in [5.74, 6) is 0.0133.